The number of hydrogen-bond acceptors (Lipinski definition) is 4. The van der Waals surface area contributed by atoms with Gasteiger partial charge in [0.2, 0.25) is 0 Å². The van der Waals surface area contributed by atoms with Gasteiger partial charge in [-0.15, -0.1) is 0 Å². The van der Waals surface area contributed by atoms with E-state index in [2.05, 4.69) is 10.4 Å². The van der Waals surface area contributed by atoms with Crippen molar-refractivity contribution in [1.29, 1.82) is 0 Å². The molecule has 0 aromatic carbocycles. The van der Waals surface area contributed by atoms with Gasteiger partial charge < -0.3 is 5.32 Å². The van der Waals surface area contributed by atoms with Crippen LogP contribution in [-0.4, -0.2) is 35.7 Å². The van der Waals surface area contributed by atoms with Gasteiger partial charge in [-0.2, -0.15) is 5.10 Å². The summed E-state index contributed by atoms with van der Waals surface area (Å²) in [6, 6.07) is 0.0412. The second-order valence-electron chi connectivity index (χ2n) is 4.26. The van der Waals surface area contributed by atoms with Crippen molar-refractivity contribution in [3.8, 4) is 0 Å². The lowest BCUT2D eigenvalue weighted by atomic mass is 10.2. The van der Waals surface area contributed by atoms with Crippen LogP contribution in [0.5, 0.6) is 0 Å². The van der Waals surface area contributed by atoms with Gasteiger partial charge in [0, 0.05) is 19.3 Å². The molecule has 0 amide bonds. The van der Waals surface area contributed by atoms with Gasteiger partial charge in [-0.25, -0.2) is 8.42 Å². The average Bonchev–Trinajstić information content (AvgIpc) is 2.70. The van der Waals surface area contributed by atoms with E-state index in [0.717, 1.165) is 17.8 Å². The highest BCUT2D eigenvalue weighted by molar-refractivity contribution is 7.91. The molecule has 0 radical (unpaired) electrons. The fraction of sp³-hybridized carbons (Fsp3) is 0.700. The molecular weight excluding hydrogens is 226 g/mol. The van der Waals surface area contributed by atoms with E-state index in [1.54, 1.807) is 4.68 Å². The molecule has 90 valence electrons. The molecule has 0 aliphatic carbocycles. The van der Waals surface area contributed by atoms with E-state index in [1.807, 2.05) is 20.2 Å². The van der Waals surface area contributed by atoms with Crippen molar-refractivity contribution in [2.45, 2.75) is 25.8 Å². The molecule has 1 aromatic rings. The smallest absolute Gasteiger partial charge is 0.152 e. The predicted molar refractivity (Wildman–Crippen MR) is 63.3 cm³/mol. The first kappa shape index (κ1) is 11.4. The monoisotopic (exact) mass is 243 g/mol. The Morgan fingerprint density at radius 1 is 1.62 bits per heavy atom. The average molecular weight is 243 g/mol. The first-order chi connectivity index (χ1) is 7.50. The second kappa shape index (κ2) is 4.08. The molecule has 1 aliphatic rings. The first-order valence-electron chi connectivity index (χ1n) is 5.49. The van der Waals surface area contributed by atoms with E-state index in [9.17, 15) is 8.42 Å². The van der Waals surface area contributed by atoms with Crippen LogP contribution in [0, 0.1) is 0 Å². The highest BCUT2D eigenvalue weighted by Crippen LogP contribution is 2.20. The number of rotatable bonds is 3. The largest absolute Gasteiger partial charge is 0.378 e. The number of aromatic nitrogens is 2. The van der Waals surface area contributed by atoms with Crippen molar-refractivity contribution in [2.24, 2.45) is 7.05 Å². The zero-order valence-electron chi connectivity index (χ0n) is 9.60. The summed E-state index contributed by atoms with van der Waals surface area (Å²) in [5.41, 5.74) is 1.96. The lowest BCUT2D eigenvalue weighted by Crippen LogP contribution is -2.20. The Labute approximate surface area is 95.8 Å². The molecule has 1 aromatic heterocycles. The lowest BCUT2D eigenvalue weighted by molar-refractivity contribution is 0.602. The minimum atomic E-state index is -2.82. The third-order valence-electron chi connectivity index (χ3n) is 2.83. The first-order valence-corrected chi connectivity index (χ1v) is 7.32. The molecule has 16 heavy (non-hydrogen) atoms. The normalized spacial score (nSPS) is 23.5. The summed E-state index contributed by atoms with van der Waals surface area (Å²) in [5, 5.41) is 7.59. The van der Waals surface area contributed by atoms with Crippen LogP contribution in [0.4, 0.5) is 5.69 Å². The predicted octanol–water partition coefficient (Wildman–Crippen LogP) is 0.582. The van der Waals surface area contributed by atoms with Crippen LogP contribution in [0.3, 0.4) is 0 Å². The number of aryl methyl sites for hydroxylation is 2. The molecular formula is C10H17N3O2S. The summed E-state index contributed by atoms with van der Waals surface area (Å²) in [5.74, 6) is 0.539. The van der Waals surface area contributed by atoms with E-state index in [1.165, 1.54) is 0 Å². The van der Waals surface area contributed by atoms with Gasteiger partial charge in [-0.05, 0) is 12.8 Å². The fourth-order valence-electron chi connectivity index (χ4n) is 2.04. The van der Waals surface area contributed by atoms with E-state index >= 15 is 0 Å². The Morgan fingerprint density at radius 3 is 2.94 bits per heavy atom. The van der Waals surface area contributed by atoms with Crippen molar-refractivity contribution < 1.29 is 8.42 Å². The second-order valence-corrected chi connectivity index (χ2v) is 6.49. The third kappa shape index (κ3) is 2.37. The van der Waals surface area contributed by atoms with Crippen LogP contribution in [0.15, 0.2) is 6.20 Å². The molecule has 1 saturated heterocycles. The summed E-state index contributed by atoms with van der Waals surface area (Å²) in [6.45, 7) is 2.04. The Kier molecular flexibility index (Phi) is 2.92. The van der Waals surface area contributed by atoms with Gasteiger partial charge in [0.1, 0.15) is 0 Å². The van der Waals surface area contributed by atoms with Crippen LogP contribution in [0.25, 0.3) is 0 Å². The quantitative estimate of drug-likeness (QED) is 0.843. The Morgan fingerprint density at radius 2 is 2.38 bits per heavy atom. The molecule has 0 saturated carbocycles. The maximum atomic E-state index is 11.3. The highest BCUT2D eigenvalue weighted by Gasteiger charge is 2.28. The molecule has 1 unspecified atom stereocenters. The molecule has 1 atom stereocenters. The summed E-state index contributed by atoms with van der Waals surface area (Å²) in [6.07, 6.45) is 3.45. The molecule has 2 rings (SSSR count). The van der Waals surface area contributed by atoms with Crippen LogP contribution < -0.4 is 5.32 Å². The van der Waals surface area contributed by atoms with Crippen molar-refractivity contribution in [3.05, 3.63) is 11.9 Å². The van der Waals surface area contributed by atoms with E-state index < -0.39 is 9.84 Å². The minimum absolute atomic E-state index is 0.0412. The Bertz CT molecular complexity index is 478. The highest BCUT2D eigenvalue weighted by atomic mass is 32.2. The van der Waals surface area contributed by atoms with Gasteiger partial charge in [-0.3, -0.25) is 4.68 Å². The fourth-order valence-corrected chi connectivity index (χ4v) is 3.72. The van der Waals surface area contributed by atoms with Gasteiger partial charge >= 0.3 is 0 Å². The van der Waals surface area contributed by atoms with Crippen LogP contribution >= 0.6 is 0 Å². The zero-order chi connectivity index (χ0) is 11.8. The van der Waals surface area contributed by atoms with Crippen LogP contribution in [0.1, 0.15) is 19.0 Å². The molecule has 2 heterocycles. The third-order valence-corrected chi connectivity index (χ3v) is 4.60. The summed E-state index contributed by atoms with van der Waals surface area (Å²) >= 11 is 0. The molecule has 1 N–H and O–H groups in total. The molecule has 0 bridgehead atoms. The summed E-state index contributed by atoms with van der Waals surface area (Å²) < 4.78 is 24.4. The lowest BCUT2D eigenvalue weighted by Gasteiger charge is -2.11. The van der Waals surface area contributed by atoms with Crippen molar-refractivity contribution >= 4 is 15.5 Å². The number of anilines is 1. The standard InChI is InChI=1S/C10H17N3O2S/c1-3-9-10(6-13(2)12-9)11-8-4-5-16(14,15)7-8/h6,8,11H,3-5,7H2,1-2H3. The minimum Gasteiger partial charge on any atom is -0.378 e. The van der Waals surface area contributed by atoms with Crippen molar-refractivity contribution in [2.75, 3.05) is 16.8 Å². The Balaban J connectivity index is 2.10. The molecule has 1 fully saturated rings. The maximum Gasteiger partial charge on any atom is 0.152 e. The number of nitrogens with zero attached hydrogens (tertiary/aromatic N) is 2. The van der Waals surface area contributed by atoms with Crippen molar-refractivity contribution in [1.82, 2.24) is 9.78 Å². The van der Waals surface area contributed by atoms with Crippen molar-refractivity contribution in [3.63, 3.8) is 0 Å². The van der Waals surface area contributed by atoms with Crippen LogP contribution in [0.2, 0.25) is 0 Å². The molecule has 6 heteroatoms. The Hall–Kier alpha value is -1.04. The molecule has 5 nitrogen and oxygen atoms in total. The van der Waals surface area contributed by atoms with Gasteiger partial charge in [0.05, 0.1) is 22.9 Å². The number of nitrogens with one attached hydrogen (secondary N) is 1. The zero-order valence-corrected chi connectivity index (χ0v) is 10.4. The summed E-state index contributed by atoms with van der Waals surface area (Å²) in [7, 11) is -0.947. The van der Waals surface area contributed by atoms with E-state index in [4.69, 9.17) is 0 Å². The topological polar surface area (TPSA) is 64.0 Å². The number of hydrogen-bond donors (Lipinski definition) is 1. The SMILES string of the molecule is CCc1nn(C)cc1NC1CCS(=O)(=O)C1. The van der Waals surface area contributed by atoms with Gasteiger partial charge in [0.25, 0.3) is 0 Å². The number of sulfone groups is 1. The van der Waals surface area contributed by atoms with E-state index in [-0.39, 0.29) is 11.8 Å². The van der Waals surface area contributed by atoms with Crippen LogP contribution in [-0.2, 0) is 23.3 Å². The van der Waals surface area contributed by atoms with Gasteiger partial charge in [0.15, 0.2) is 9.84 Å². The van der Waals surface area contributed by atoms with E-state index in [0.29, 0.717) is 12.2 Å². The summed E-state index contributed by atoms with van der Waals surface area (Å²) in [4.78, 5) is 0. The molecule has 1 aliphatic heterocycles. The maximum absolute atomic E-state index is 11.3. The van der Waals surface area contributed by atoms with Gasteiger partial charge in [-0.1, -0.05) is 6.92 Å². The molecule has 0 spiro atoms.